The van der Waals surface area contributed by atoms with Crippen LogP contribution < -0.4 is 0 Å². The van der Waals surface area contributed by atoms with Gasteiger partial charge in [-0.05, 0) is 24.2 Å². The predicted octanol–water partition coefficient (Wildman–Crippen LogP) is 3.71. The molecule has 1 unspecified atom stereocenters. The molecule has 1 aliphatic heterocycles. The largest absolute Gasteiger partial charge is 0.329 e. The minimum absolute atomic E-state index is 0.0207. The molecule has 1 fully saturated rings. The molecule has 4 rings (SSSR count). The molecule has 28 heavy (non-hydrogen) atoms. The Labute approximate surface area is 170 Å². The zero-order valence-corrected chi connectivity index (χ0v) is 16.6. The van der Waals surface area contributed by atoms with Crippen molar-refractivity contribution in [2.24, 2.45) is 0 Å². The minimum atomic E-state index is 0.0207. The van der Waals surface area contributed by atoms with Crippen molar-refractivity contribution in [1.29, 1.82) is 0 Å². The van der Waals surface area contributed by atoms with Crippen molar-refractivity contribution < 1.29 is 4.79 Å². The van der Waals surface area contributed by atoms with E-state index in [1.165, 1.54) is 0 Å². The first-order chi connectivity index (χ1) is 13.6. The van der Waals surface area contributed by atoms with E-state index in [4.69, 9.17) is 11.6 Å². The van der Waals surface area contributed by atoms with Crippen LogP contribution in [0.2, 0.25) is 5.02 Å². The average molecular weight is 395 g/mol. The number of likely N-dealkylation sites (N-methyl/N-ethyl adjacent to an activating group) is 1. The fraction of sp³-hybridized carbons (Fsp3) is 0.273. The van der Waals surface area contributed by atoms with Crippen molar-refractivity contribution >= 4 is 17.5 Å². The molecule has 6 heteroatoms. The van der Waals surface area contributed by atoms with Crippen LogP contribution in [0.1, 0.15) is 27.5 Å². The van der Waals surface area contributed by atoms with Crippen LogP contribution in [0.5, 0.6) is 0 Å². The summed E-state index contributed by atoms with van der Waals surface area (Å²) in [4.78, 5) is 17.5. The number of nitrogens with zero attached hydrogens (tertiary/aromatic N) is 4. The Kier molecular flexibility index (Phi) is 5.46. The standard InChI is InChI=1S/C22H23ClN4O/c1-25-11-12-27(21(16-25)17-7-3-2-4-8-17)22(28)19-13-24-26(15-19)14-18-9-5-6-10-20(18)23/h2-10,13,15,21H,11-12,14,16H2,1H3. The molecule has 0 radical (unpaired) electrons. The first-order valence-corrected chi connectivity index (χ1v) is 9.80. The highest BCUT2D eigenvalue weighted by Crippen LogP contribution is 2.26. The second-order valence-corrected chi connectivity index (χ2v) is 7.61. The lowest BCUT2D eigenvalue weighted by atomic mass is 10.0. The number of hydrogen-bond acceptors (Lipinski definition) is 3. The van der Waals surface area contributed by atoms with Crippen molar-refractivity contribution in [1.82, 2.24) is 19.6 Å². The van der Waals surface area contributed by atoms with Crippen LogP contribution in [0.4, 0.5) is 0 Å². The van der Waals surface area contributed by atoms with Crippen LogP contribution in [-0.2, 0) is 6.54 Å². The van der Waals surface area contributed by atoms with Gasteiger partial charge in [0.15, 0.2) is 0 Å². The Balaban J connectivity index is 1.55. The molecule has 0 saturated carbocycles. The van der Waals surface area contributed by atoms with Gasteiger partial charge in [-0.1, -0.05) is 60.1 Å². The van der Waals surface area contributed by atoms with Crippen molar-refractivity contribution in [2.75, 3.05) is 26.7 Å². The maximum Gasteiger partial charge on any atom is 0.257 e. The molecule has 2 heterocycles. The molecule has 1 aliphatic rings. The fourth-order valence-electron chi connectivity index (χ4n) is 3.65. The van der Waals surface area contributed by atoms with E-state index in [0.717, 1.165) is 24.2 Å². The zero-order valence-electron chi connectivity index (χ0n) is 15.8. The molecule has 1 atom stereocenters. The first-order valence-electron chi connectivity index (χ1n) is 9.42. The summed E-state index contributed by atoms with van der Waals surface area (Å²) in [5.74, 6) is 0.0207. The molecule has 0 N–H and O–H groups in total. The third-order valence-corrected chi connectivity index (χ3v) is 5.57. The monoisotopic (exact) mass is 394 g/mol. The highest BCUT2D eigenvalue weighted by atomic mass is 35.5. The summed E-state index contributed by atoms with van der Waals surface area (Å²) < 4.78 is 1.77. The molecule has 3 aromatic rings. The van der Waals surface area contributed by atoms with Gasteiger partial charge in [0.25, 0.3) is 5.91 Å². The van der Waals surface area contributed by atoms with Gasteiger partial charge >= 0.3 is 0 Å². The lowest BCUT2D eigenvalue weighted by Gasteiger charge is -2.40. The number of piperazine rings is 1. The lowest BCUT2D eigenvalue weighted by Crippen LogP contribution is -2.49. The summed E-state index contributed by atoms with van der Waals surface area (Å²) in [5, 5.41) is 5.08. The molecule has 5 nitrogen and oxygen atoms in total. The summed E-state index contributed by atoms with van der Waals surface area (Å²) >= 11 is 6.24. The maximum absolute atomic E-state index is 13.3. The second-order valence-electron chi connectivity index (χ2n) is 7.21. The van der Waals surface area contributed by atoms with Gasteiger partial charge in [0.05, 0.1) is 24.3 Å². The number of halogens is 1. The molecule has 1 aromatic heterocycles. The minimum Gasteiger partial charge on any atom is -0.329 e. The SMILES string of the molecule is CN1CCN(C(=O)c2cnn(Cc3ccccc3Cl)c2)C(c2ccccc2)C1. The molecule has 0 bridgehead atoms. The quantitative estimate of drug-likeness (QED) is 0.677. The molecule has 2 aromatic carbocycles. The third-order valence-electron chi connectivity index (χ3n) is 5.20. The van der Waals surface area contributed by atoms with Gasteiger partial charge in [0.2, 0.25) is 0 Å². The normalized spacial score (nSPS) is 17.6. The Bertz CT molecular complexity index is 956. The molecule has 144 valence electrons. The van der Waals surface area contributed by atoms with E-state index in [9.17, 15) is 4.79 Å². The number of carbonyl (C=O) groups is 1. The maximum atomic E-state index is 13.3. The van der Waals surface area contributed by atoms with Crippen molar-refractivity contribution in [2.45, 2.75) is 12.6 Å². The van der Waals surface area contributed by atoms with Crippen LogP contribution in [-0.4, -0.2) is 52.2 Å². The van der Waals surface area contributed by atoms with E-state index >= 15 is 0 Å². The van der Waals surface area contributed by atoms with Gasteiger partial charge in [-0.2, -0.15) is 5.10 Å². The Morgan fingerprint density at radius 2 is 1.86 bits per heavy atom. The summed E-state index contributed by atoms with van der Waals surface area (Å²) in [6.07, 6.45) is 3.46. The zero-order chi connectivity index (χ0) is 19.5. The van der Waals surface area contributed by atoms with Gasteiger partial charge in [-0.25, -0.2) is 0 Å². The molecular weight excluding hydrogens is 372 g/mol. The van der Waals surface area contributed by atoms with Crippen LogP contribution in [0.3, 0.4) is 0 Å². The molecule has 1 saturated heterocycles. The van der Waals surface area contributed by atoms with Crippen molar-refractivity contribution in [3.8, 4) is 0 Å². The number of carbonyl (C=O) groups excluding carboxylic acids is 1. The first kappa shape index (κ1) is 18.7. The molecule has 0 spiro atoms. The van der Waals surface area contributed by atoms with Gasteiger partial charge in [0.1, 0.15) is 0 Å². The summed E-state index contributed by atoms with van der Waals surface area (Å²) in [7, 11) is 2.10. The Hall–Kier alpha value is -2.63. The lowest BCUT2D eigenvalue weighted by molar-refractivity contribution is 0.0498. The van der Waals surface area contributed by atoms with Gasteiger partial charge in [0, 0.05) is 30.9 Å². The number of aromatic nitrogens is 2. The Morgan fingerprint density at radius 3 is 2.64 bits per heavy atom. The van der Waals surface area contributed by atoms with Crippen molar-refractivity contribution in [3.05, 3.63) is 88.7 Å². The molecule has 1 amide bonds. The van der Waals surface area contributed by atoms with Crippen LogP contribution in [0.15, 0.2) is 67.0 Å². The van der Waals surface area contributed by atoms with Gasteiger partial charge in [-0.15, -0.1) is 0 Å². The van der Waals surface area contributed by atoms with Crippen LogP contribution in [0.25, 0.3) is 0 Å². The summed E-state index contributed by atoms with van der Waals surface area (Å²) in [6, 6.07) is 17.9. The van der Waals surface area contributed by atoms with E-state index in [-0.39, 0.29) is 11.9 Å². The third kappa shape index (κ3) is 3.96. The molecule has 0 aliphatic carbocycles. The predicted molar refractivity (Wildman–Crippen MR) is 110 cm³/mol. The number of amides is 1. The number of rotatable bonds is 4. The number of benzene rings is 2. The van der Waals surface area contributed by atoms with E-state index in [0.29, 0.717) is 23.7 Å². The topological polar surface area (TPSA) is 41.4 Å². The average Bonchev–Trinajstić information content (AvgIpc) is 3.18. The van der Waals surface area contributed by atoms with Gasteiger partial charge < -0.3 is 9.80 Å². The van der Waals surface area contributed by atoms with E-state index in [2.05, 4.69) is 29.2 Å². The molecular formula is C22H23ClN4O. The summed E-state index contributed by atoms with van der Waals surface area (Å²) in [5.41, 5.74) is 2.75. The van der Waals surface area contributed by atoms with Crippen LogP contribution in [0, 0.1) is 0 Å². The van der Waals surface area contributed by atoms with Crippen LogP contribution >= 0.6 is 11.6 Å². The fourth-order valence-corrected chi connectivity index (χ4v) is 3.85. The highest BCUT2D eigenvalue weighted by Gasteiger charge is 2.31. The van der Waals surface area contributed by atoms with E-state index < -0.39 is 0 Å². The van der Waals surface area contributed by atoms with E-state index in [1.54, 1.807) is 10.9 Å². The smallest absolute Gasteiger partial charge is 0.257 e. The second kappa shape index (κ2) is 8.17. The highest BCUT2D eigenvalue weighted by molar-refractivity contribution is 6.31. The Morgan fingerprint density at radius 1 is 1.11 bits per heavy atom. The van der Waals surface area contributed by atoms with Gasteiger partial charge in [-0.3, -0.25) is 9.48 Å². The van der Waals surface area contributed by atoms with E-state index in [1.807, 2.05) is 53.6 Å². The summed E-state index contributed by atoms with van der Waals surface area (Å²) in [6.45, 7) is 2.93. The number of hydrogen-bond donors (Lipinski definition) is 0. The van der Waals surface area contributed by atoms with Crippen molar-refractivity contribution in [3.63, 3.8) is 0 Å².